The zero-order chi connectivity index (χ0) is 29.6. The minimum absolute atomic E-state index is 0.0356. The molecule has 0 aliphatic heterocycles. The molecular weight excluding hydrogens is 533 g/mol. The third kappa shape index (κ3) is 9.62. The molecule has 0 bridgehead atoms. The van der Waals surface area contributed by atoms with Crippen LogP contribution in [-0.4, -0.2) is 42.6 Å². The second kappa shape index (κ2) is 15.6. The van der Waals surface area contributed by atoms with Crippen LogP contribution in [0, 0.1) is 5.82 Å². The summed E-state index contributed by atoms with van der Waals surface area (Å²) in [6.07, 6.45) is 2.20. The minimum atomic E-state index is -1.07. The van der Waals surface area contributed by atoms with Crippen molar-refractivity contribution in [1.82, 2.24) is 16.1 Å². The Bertz CT molecular complexity index is 1340. The van der Waals surface area contributed by atoms with Crippen LogP contribution in [0.4, 0.5) is 20.6 Å². The van der Waals surface area contributed by atoms with Gasteiger partial charge in [0.05, 0.1) is 7.11 Å². The molecule has 0 aromatic heterocycles. The van der Waals surface area contributed by atoms with E-state index in [1.165, 1.54) is 19.2 Å². The van der Waals surface area contributed by atoms with E-state index < -0.39 is 29.7 Å². The molecule has 5 amide bonds. The van der Waals surface area contributed by atoms with Gasteiger partial charge >= 0.3 is 6.03 Å². The Hall–Kier alpha value is -4.97. The Labute approximate surface area is 236 Å². The first-order valence-electron chi connectivity index (χ1n) is 12.9. The molecule has 0 saturated heterocycles. The zero-order valence-corrected chi connectivity index (χ0v) is 22.4. The molecule has 3 aromatic carbocycles. The number of halogens is 1. The molecule has 3 aromatic rings. The molecule has 1 atom stereocenters. The van der Waals surface area contributed by atoms with Gasteiger partial charge in [0, 0.05) is 36.0 Å². The van der Waals surface area contributed by atoms with Crippen molar-refractivity contribution in [3.05, 3.63) is 89.7 Å². The number of amides is 5. The predicted molar refractivity (Wildman–Crippen MR) is 150 cm³/mol. The van der Waals surface area contributed by atoms with Crippen molar-refractivity contribution in [3.63, 3.8) is 0 Å². The molecule has 0 radical (unpaired) electrons. The van der Waals surface area contributed by atoms with Crippen LogP contribution in [0.3, 0.4) is 0 Å². The van der Waals surface area contributed by atoms with Gasteiger partial charge in [-0.05, 0) is 54.8 Å². The summed E-state index contributed by atoms with van der Waals surface area (Å²) in [5.74, 6) is -1.89. The summed E-state index contributed by atoms with van der Waals surface area (Å²) in [7, 11) is 1.31. The van der Waals surface area contributed by atoms with E-state index in [0.29, 0.717) is 48.3 Å². The number of carbonyl (C=O) groups excluding carboxylic acids is 4. The highest BCUT2D eigenvalue weighted by atomic mass is 19.1. The molecule has 6 N–H and O–H groups in total. The number of hydrogen-bond acceptors (Lipinski definition) is 6. The fourth-order valence-corrected chi connectivity index (χ4v) is 3.85. The van der Waals surface area contributed by atoms with Crippen LogP contribution >= 0.6 is 0 Å². The third-order valence-electron chi connectivity index (χ3n) is 5.99. The third-order valence-corrected chi connectivity index (χ3v) is 5.99. The van der Waals surface area contributed by atoms with E-state index in [2.05, 4.69) is 21.3 Å². The smallest absolute Gasteiger partial charge is 0.320 e. The lowest BCUT2D eigenvalue weighted by atomic mass is 10.1. The van der Waals surface area contributed by atoms with E-state index in [0.717, 1.165) is 6.07 Å². The standard InChI is InChI=1S/C29H32FN5O6/c1-41-24-18-22(15-16-23(24)30)32-28(38)26(19-8-4-2-5-9-19)34-29(39)33-21-13-11-20(12-14-21)27(37)31-17-7-3-6-10-25(36)35-40/h2,4-5,8-9,11-16,18,26,40H,3,6-7,10,17H2,1H3,(H,31,37)(H,32,38)(H,35,36)(H2,33,34,39)/t26-/m0/s1. The Morgan fingerprint density at radius 3 is 2.27 bits per heavy atom. The normalized spacial score (nSPS) is 11.1. The van der Waals surface area contributed by atoms with Crippen molar-refractivity contribution >= 4 is 35.1 Å². The SMILES string of the molecule is COc1cc(NC(=O)[C@@H](NC(=O)Nc2ccc(C(=O)NCCCCCC(=O)NO)cc2)c2ccccc2)ccc1F. The molecule has 12 heteroatoms. The van der Waals surface area contributed by atoms with Crippen molar-refractivity contribution in [2.75, 3.05) is 24.3 Å². The van der Waals surface area contributed by atoms with E-state index in [1.54, 1.807) is 60.1 Å². The molecule has 41 heavy (non-hydrogen) atoms. The van der Waals surface area contributed by atoms with E-state index in [1.807, 2.05) is 0 Å². The number of benzene rings is 3. The van der Waals surface area contributed by atoms with Crippen molar-refractivity contribution in [2.45, 2.75) is 31.7 Å². The van der Waals surface area contributed by atoms with Gasteiger partial charge in [0.1, 0.15) is 6.04 Å². The first-order valence-corrected chi connectivity index (χ1v) is 12.9. The maximum absolute atomic E-state index is 13.8. The number of hydrogen-bond donors (Lipinski definition) is 6. The van der Waals surface area contributed by atoms with Crippen LogP contribution in [-0.2, 0) is 9.59 Å². The van der Waals surface area contributed by atoms with Gasteiger partial charge in [-0.1, -0.05) is 36.8 Å². The van der Waals surface area contributed by atoms with Crippen LogP contribution in [0.25, 0.3) is 0 Å². The summed E-state index contributed by atoms with van der Waals surface area (Å²) >= 11 is 0. The minimum Gasteiger partial charge on any atom is -0.494 e. The number of anilines is 2. The van der Waals surface area contributed by atoms with Crippen molar-refractivity contribution in [2.24, 2.45) is 0 Å². The Balaban J connectivity index is 1.56. The summed E-state index contributed by atoms with van der Waals surface area (Å²) in [6.45, 7) is 0.426. The van der Waals surface area contributed by atoms with Crippen LogP contribution in [0.5, 0.6) is 5.75 Å². The van der Waals surface area contributed by atoms with Gasteiger partial charge < -0.3 is 26.0 Å². The fraction of sp³-hybridized carbons (Fsp3) is 0.241. The molecule has 0 aliphatic rings. The molecule has 216 valence electrons. The van der Waals surface area contributed by atoms with Gasteiger partial charge in [-0.2, -0.15) is 0 Å². The van der Waals surface area contributed by atoms with E-state index in [4.69, 9.17) is 9.94 Å². The van der Waals surface area contributed by atoms with Crippen LogP contribution in [0.1, 0.15) is 47.6 Å². The molecule has 0 fully saturated rings. The van der Waals surface area contributed by atoms with Gasteiger partial charge in [-0.15, -0.1) is 0 Å². The topological polar surface area (TPSA) is 158 Å². The number of methoxy groups -OCH3 is 1. The second-order valence-electron chi connectivity index (χ2n) is 8.96. The number of urea groups is 1. The van der Waals surface area contributed by atoms with Gasteiger partial charge in [0.15, 0.2) is 11.6 Å². The average Bonchev–Trinajstić information content (AvgIpc) is 2.99. The lowest BCUT2D eigenvalue weighted by Gasteiger charge is -2.19. The molecule has 0 spiro atoms. The highest BCUT2D eigenvalue weighted by Crippen LogP contribution is 2.23. The fourth-order valence-electron chi connectivity index (χ4n) is 3.85. The number of nitrogens with one attached hydrogen (secondary N) is 5. The van der Waals surface area contributed by atoms with E-state index in [9.17, 15) is 23.6 Å². The molecule has 0 unspecified atom stereocenters. The molecule has 0 aliphatic carbocycles. The first-order chi connectivity index (χ1) is 19.8. The average molecular weight is 566 g/mol. The highest BCUT2D eigenvalue weighted by molar-refractivity contribution is 6.00. The summed E-state index contributed by atoms with van der Waals surface area (Å²) < 4.78 is 18.7. The van der Waals surface area contributed by atoms with Gasteiger partial charge in [-0.3, -0.25) is 19.6 Å². The number of rotatable bonds is 13. The van der Waals surface area contributed by atoms with E-state index >= 15 is 0 Å². The number of unbranched alkanes of at least 4 members (excludes halogenated alkanes) is 2. The molecular formula is C29H32FN5O6. The van der Waals surface area contributed by atoms with Crippen LogP contribution in [0.2, 0.25) is 0 Å². The van der Waals surface area contributed by atoms with Crippen LogP contribution in [0.15, 0.2) is 72.8 Å². The summed E-state index contributed by atoms with van der Waals surface area (Å²) in [5.41, 5.74) is 3.19. The van der Waals surface area contributed by atoms with Crippen molar-refractivity contribution < 1.29 is 33.5 Å². The Kier molecular flexibility index (Phi) is 11.6. The summed E-state index contributed by atoms with van der Waals surface area (Å²) in [6, 6.07) is 17.0. The van der Waals surface area contributed by atoms with Crippen molar-refractivity contribution in [3.8, 4) is 5.75 Å². The number of carbonyl (C=O) groups is 4. The lowest BCUT2D eigenvalue weighted by molar-refractivity contribution is -0.129. The number of hydroxylamine groups is 1. The molecule has 11 nitrogen and oxygen atoms in total. The molecule has 0 saturated carbocycles. The summed E-state index contributed by atoms with van der Waals surface area (Å²) in [5, 5.41) is 19.2. The largest absolute Gasteiger partial charge is 0.494 e. The first kappa shape index (κ1) is 30.6. The second-order valence-corrected chi connectivity index (χ2v) is 8.96. The lowest BCUT2D eigenvalue weighted by Crippen LogP contribution is -2.39. The quantitative estimate of drug-likeness (QED) is 0.104. The number of ether oxygens (including phenoxy) is 1. The van der Waals surface area contributed by atoms with Gasteiger partial charge in [-0.25, -0.2) is 14.7 Å². The molecule has 0 heterocycles. The van der Waals surface area contributed by atoms with Crippen molar-refractivity contribution in [1.29, 1.82) is 0 Å². The predicted octanol–water partition coefficient (Wildman–Crippen LogP) is 4.13. The van der Waals surface area contributed by atoms with E-state index in [-0.39, 0.29) is 18.1 Å². The van der Waals surface area contributed by atoms with Crippen LogP contribution < -0.4 is 31.5 Å². The van der Waals surface area contributed by atoms with Gasteiger partial charge in [0.25, 0.3) is 11.8 Å². The highest BCUT2D eigenvalue weighted by Gasteiger charge is 2.23. The monoisotopic (exact) mass is 565 g/mol. The Morgan fingerprint density at radius 1 is 0.878 bits per heavy atom. The van der Waals surface area contributed by atoms with Gasteiger partial charge in [0.2, 0.25) is 5.91 Å². The maximum Gasteiger partial charge on any atom is 0.320 e. The Morgan fingerprint density at radius 2 is 1.59 bits per heavy atom. The molecule has 3 rings (SSSR count). The summed E-state index contributed by atoms with van der Waals surface area (Å²) in [4.78, 5) is 49.3. The zero-order valence-electron chi connectivity index (χ0n) is 22.4. The maximum atomic E-state index is 13.8.